The molecule has 26 heavy (non-hydrogen) atoms. The zero-order valence-corrected chi connectivity index (χ0v) is 15.5. The number of rotatable bonds is 4. The van der Waals surface area contributed by atoms with E-state index in [1.165, 1.54) is 16.8 Å². The smallest absolute Gasteiger partial charge is 0.176 e. The van der Waals surface area contributed by atoms with E-state index in [2.05, 4.69) is 31.7 Å². The van der Waals surface area contributed by atoms with Gasteiger partial charge in [0.05, 0.1) is 16.7 Å². The van der Waals surface area contributed by atoms with Crippen LogP contribution < -0.4 is 10.6 Å². The van der Waals surface area contributed by atoms with Crippen molar-refractivity contribution in [3.63, 3.8) is 0 Å². The second-order valence-corrected chi connectivity index (χ2v) is 6.58. The van der Waals surface area contributed by atoms with Gasteiger partial charge >= 0.3 is 0 Å². The summed E-state index contributed by atoms with van der Waals surface area (Å²) in [4.78, 5) is 0. The Morgan fingerprint density at radius 1 is 1.08 bits per heavy atom. The standard InChI is InChI=1S/C17H12BrF3N4S/c18-12-9-25(8-10-3-1-2-4-13(10)20)24-16(12)23-17(26)22-15-6-5-11(19)7-14(15)21/h1-7,9H,8H2,(H2,22,23,24,26). The number of anilines is 2. The number of hydrogen-bond donors (Lipinski definition) is 2. The summed E-state index contributed by atoms with van der Waals surface area (Å²) in [7, 11) is 0. The molecule has 2 aromatic carbocycles. The van der Waals surface area contributed by atoms with Gasteiger partial charge in [-0.1, -0.05) is 18.2 Å². The average Bonchev–Trinajstić information content (AvgIpc) is 2.92. The topological polar surface area (TPSA) is 41.9 Å². The van der Waals surface area contributed by atoms with E-state index in [0.717, 1.165) is 12.1 Å². The summed E-state index contributed by atoms with van der Waals surface area (Å²) < 4.78 is 42.5. The van der Waals surface area contributed by atoms with Crippen LogP contribution in [0.3, 0.4) is 0 Å². The second-order valence-electron chi connectivity index (χ2n) is 5.32. The third kappa shape index (κ3) is 4.41. The van der Waals surface area contributed by atoms with Crippen molar-refractivity contribution < 1.29 is 13.2 Å². The molecule has 134 valence electrons. The van der Waals surface area contributed by atoms with Gasteiger partial charge in [0.1, 0.15) is 17.5 Å². The third-order valence-corrected chi connectivity index (χ3v) is 4.20. The summed E-state index contributed by atoms with van der Waals surface area (Å²) >= 11 is 8.45. The molecule has 1 aromatic heterocycles. The fraction of sp³-hybridized carbons (Fsp3) is 0.0588. The van der Waals surface area contributed by atoms with Crippen LogP contribution in [0.15, 0.2) is 53.1 Å². The van der Waals surface area contributed by atoms with Crippen LogP contribution in [0, 0.1) is 17.5 Å². The minimum atomic E-state index is -0.765. The molecule has 0 aliphatic rings. The number of thiocarbonyl (C=S) groups is 1. The van der Waals surface area contributed by atoms with E-state index >= 15 is 0 Å². The van der Waals surface area contributed by atoms with Crippen molar-refractivity contribution in [2.75, 3.05) is 10.6 Å². The molecule has 0 saturated heterocycles. The number of aromatic nitrogens is 2. The summed E-state index contributed by atoms with van der Waals surface area (Å²) in [6.07, 6.45) is 1.66. The zero-order chi connectivity index (χ0) is 18.7. The highest BCUT2D eigenvalue weighted by Gasteiger charge is 2.11. The van der Waals surface area contributed by atoms with E-state index in [0.29, 0.717) is 15.9 Å². The van der Waals surface area contributed by atoms with Gasteiger partial charge in [-0.25, -0.2) is 13.2 Å². The van der Waals surface area contributed by atoms with Gasteiger partial charge in [-0.05, 0) is 46.3 Å². The molecule has 1 heterocycles. The molecule has 0 bridgehead atoms. The van der Waals surface area contributed by atoms with Gasteiger partial charge in [0.2, 0.25) is 0 Å². The van der Waals surface area contributed by atoms with Gasteiger partial charge < -0.3 is 10.6 Å². The summed E-state index contributed by atoms with van der Waals surface area (Å²) in [5.41, 5.74) is 0.522. The highest BCUT2D eigenvalue weighted by atomic mass is 79.9. The summed E-state index contributed by atoms with van der Waals surface area (Å²) in [6.45, 7) is 0.236. The van der Waals surface area contributed by atoms with Crippen molar-refractivity contribution >= 4 is 44.8 Å². The average molecular weight is 441 g/mol. The molecule has 4 nitrogen and oxygen atoms in total. The Bertz CT molecular complexity index is 961. The van der Waals surface area contributed by atoms with Crippen LogP contribution in [0.1, 0.15) is 5.56 Å². The van der Waals surface area contributed by atoms with E-state index in [9.17, 15) is 13.2 Å². The maximum Gasteiger partial charge on any atom is 0.176 e. The molecule has 0 atom stereocenters. The van der Waals surface area contributed by atoms with Crippen LogP contribution in [-0.4, -0.2) is 14.9 Å². The van der Waals surface area contributed by atoms with Gasteiger partial charge in [0.15, 0.2) is 10.9 Å². The van der Waals surface area contributed by atoms with Gasteiger partial charge in [-0.3, -0.25) is 4.68 Å². The maximum absolute atomic E-state index is 13.7. The lowest BCUT2D eigenvalue weighted by molar-refractivity contribution is 0.585. The third-order valence-electron chi connectivity index (χ3n) is 3.42. The van der Waals surface area contributed by atoms with Gasteiger partial charge in [0, 0.05) is 17.8 Å². The molecule has 2 N–H and O–H groups in total. The Balaban J connectivity index is 1.69. The number of hydrogen-bond acceptors (Lipinski definition) is 2. The SMILES string of the molecule is Fc1ccc(NC(=S)Nc2nn(Cc3ccccc3F)cc2Br)c(F)c1. The van der Waals surface area contributed by atoms with Crippen molar-refractivity contribution in [2.45, 2.75) is 6.54 Å². The van der Waals surface area contributed by atoms with Crippen molar-refractivity contribution in [1.29, 1.82) is 0 Å². The summed E-state index contributed by atoms with van der Waals surface area (Å²) in [5, 5.41) is 9.79. The number of nitrogens with one attached hydrogen (secondary N) is 2. The monoisotopic (exact) mass is 440 g/mol. The number of benzene rings is 2. The van der Waals surface area contributed by atoms with Crippen molar-refractivity contribution in [3.8, 4) is 0 Å². The molecule has 0 unspecified atom stereocenters. The first kappa shape index (κ1) is 18.4. The molecule has 0 saturated carbocycles. The minimum absolute atomic E-state index is 0.0332. The first-order chi connectivity index (χ1) is 12.4. The Hall–Kier alpha value is -2.39. The Morgan fingerprint density at radius 2 is 1.85 bits per heavy atom. The van der Waals surface area contributed by atoms with E-state index in [1.54, 1.807) is 24.4 Å². The molecule has 9 heteroatoms. The number of nitrogens with zero attached hydrogens (tertiary/aromatic N) is 2. The molecule has 0 radical (unpaired) electrons. The van der Waals surface area contributed by atoms with E-state index in [-0.39, 0.29) is 23.2 Å². The minimum Gasteiger partial charge on any atom is -0.330 e. The Labute approximate surface area is 161 Å². The molecule has 0 amide bonds. The van der Waals surface area contributed by atoms with Crippen LogP contribution in [0.25, 0.3) is 0 Å². The summed E-state index contributed by atoms with van der Waals surface area (Å²) in [5.74, 6) is -1.39. The lowest BCUT2D eigenvalue weighted by atomic mass is 10.2. The largest absolute Gasteiger partial charge is 0.330 e. The summed E-state index contributed by atoms with van der Waals surface area (Å²) in [6, 6.07) is 9.52. The highest BCUT2D eigenvalue weighted by molar-refractivity contribution is 9.10. The molecule has 0 spiro atoms. The van der Waals surface area contributed by atoms with Gasteiger partial charge in [-0.15, -0.1) is 0 Å². The molecule has 3 rings (SSSR count). The molecule has 0 aliphatic carbocycles. The Kier molecular flexibility index (Phi) is 5.58. The van der Waals surface area contributed by atoms with E-state index in [1.807, 2.05) is 0 Å². The predicted octanol–water partition coefficient (Wildman–Crippen LogP) is 4.92. The van der Waals surface area contributed by atoms with Crippen LogP contribution in [-0.2, 0) is 6.54 Å². The number of halogens is 4. The normalized spacial score (nSPS) is 10.6. The molecular weight excluding hydrogens is 429 g/mol. The van der Waals surface area contributed by atoms with Crippen LogP contribution in [0.5, 0.6) is 0 Å². The first-order valence-corrected chi connectivity index (χ1v) is 8.62. The predicted molar refractivity (Wildman–Crippen MR) is 102 cm³/mol. The molecule has 0 fully saturated rings. The van der Waals surface area contributed by atoms with Crippen LogP contribution >= 0.6 is 28.1 Å². The fourth-order valence-corrected chi connectivity index (χ4v) is 2.84. The van der Waals surface area contributed by atoms with Crippen LogP contribution in [0.2, 0.25) is 0 Å². The second kappa shape index (κ2) is 7.88. The lowest BCUT2D eigenvalue weighted by Crippen LogP contribution is -2.20. The molecular formula is C17H12BrF3N4S. The van der Waals surface area contributed by atoms with E-state index in [4.69, 9.17) is 12.2 Å². The lowest BCUT2D eigenvalue weighted by Gasteiger charge is -2.10. The van der Waals surface area contributed by atoms with Gasteiger partial charge in [-0.2, -0.15) is 5.10 Å². The quantitative estimate of drug-likeness (QED) is 0.565. The van der Waals surface area contributed by atoms with Gasteiger partial charge in [0.25, 0.3) is 0 Å². The van der Waals surface area contributed by atoms with Crippen LogP contribution in [0.4, 0.5) is 24.7 Å². The fourth-order valence-electron chi connectivity index (χ4n) is 2.22. The maximum atomic E-state index is 13.7. The zero-order valence-electron chi connectivity index (χ0n) is 13.1. The molecule has 3 aromatic rings. The van der Waals surface area contributed by atoms with Crippen molar-refractivity contribution in [1.82, 2.24) is 9.78 Å². The van der Waals surface area contributed by atoms with Crippen molar-refractivity contribution in [2.24, 2.45) is 0 Å². The molecule has 0 aliphatic heterocycles. The Morgan fingerprint density at radius 3 is 2.58 bits per heavy atom. The van der Waals surface area contributed by atoms with Crippen molar-refractivity contribution in [3.05, 3.63) is 76.1 Å². The van der Waals surface area contributed by atoms with E-state index < -0.39 is 11.6 Å². The highest BCUT2D eigenvalue weighted by Crippen LogP contribution is 2.22. The first-order valence-electron chi connectivity index (χ1n) is 7.42.